The molecule has 1 heterocycles. The monoisotopic (exact) mass is 346 g/mol. The molecule has 3 rings (SSSR count). The molecule has 3 aromatic rings. The summed E-state index contributed by atoms with van der Waals surface area (Å²) >= 11 is 5.85. The maximum atomic E-state index is 12.5. The Kier molecular flexibility index (Phi) is 4.41. The number of halogens is 2. The molecule has 9 heteroatoms. The molecule has 0 aliphatic carbocycles. The SMILES string of the molecule is N/C(=N\N(N)F)c1ccc(-c2nnc(-c3ccc(Cl)cc3)o2)cc1. The lowest BCUT2D eigenvalue weighted by Gasteiger charge is -2.03. The number of hydrazine groups is 1. The van der Waals surface area contributed by atoms with Crippen molar-refractivity contribution in [2.75, 3.05) is 0 Å². The van der Waals surface area contributed by atoms with E-state index in [1.165, 1.54) is 0 Å². The fourth-order valence-electron chi connectivity index (χ4n) is 1.99. The van der Waals surface area contributed by atoms with E-state index in [1.54, 1.807) is 48.5 Å². The van der Waals surface area contributed by atoms with E-state index in [9.17, 15) is 4.48 Å². The lowest BCUT2D eigenvalue weighted by molar-refractivity contribution is 0.0285. The van der Waals surface area contributed by atoms with Gasteiger partial charge >= 0.3 is 0 Å². The van der Waals surface area contributed by atoms with Gasteiger partial charge in [-0.3, -0.25) is 0 Å². The summed E-state index contributed by atoms with van der Waals surface area (Å²) in [7, 11) is 0. The van der Waals surface area contributed by atoms with Crippen molar-refractivity contribution in [3.63, 3.8) is 0 Å². The maximum Gasteiger partial charge on any atom is 0.248 e. The molecule has 0 spiro atoms. The van der Waals surface area contributed by atoms with Crippen molar-refractivity contribution in [2.24, 2.45) is 16.7 Å². The fraction of sp³-hybridized carbons (Fsp3) is 0. The van der Waals surface area contributed by atoms with Gasteiger partial charge < -0.3 is 10.2 Å². The average molecular weight is 347 g/mol. The Morgan fingerprint density at radius 3 is 2.00 bits per heavy atom. The van der Waals surface area contributed by atoms with Crippen LogP contribution in [0.2, 0.25) is 5.02 Å². The molecular formula is C15H12ClFN6O. The summed E-state index contributed by atoms with van der Waals surface area (Å²) in [6, 6.07) is 13.7. The van der Waals surface area contributed by atoms with E-state index in [0.717, 1.165) is 5.56 Å². The molecule has 0 aliphatic rings. The Balaban J connectivity index is 1.84. The van der Waals surface area contributed by atoms with Crippen LogP contribution in [0.5, 0.6) is 0 Å². The zero-order chi connectivity index (χ0) is 17.1. The number of nitrogens with zero attached hydrogens (tertiary/aromatic N) is 4. The smallest absolute Gasteiger partial charge is 0.248 e. The number of nitrogens with two attached hydrogens (primary N) is 2. The van der Waals surface area contributed by atoms with Crippen molar-refractivity contribution in [1.29, 1.82) is 0 Å². The molecule has 24 heavy (non-hydrogen) atoms. The highest BCUT2D eigenvalue weighted by Crippen LogP contribution is 2.25. The summed E-state index contributed by atoms with van der Waals surface area (Å²) in [6.45, 7) is 0. The van der Waals surface area contributed by atoms with E-state index in [4.69, 9.17) is 27.6 Å². The van der Waals surface area contributed by atoms with Gasteiger partial charge in [0.15, 0.2) is 5.84 Å². The molecular weight excluding hydrogens is 335 g/mol. The first kappa shape index (κ1) is 15.9. The number of hydrogen-bond acceptors (Lipinski definition) is 6. The van der Waals surface area contributed by atoms with E-state index in [-0.39, 0.29) is 11.2 Å². The lowest BCUT2D eigenvalue weighted by Crippen LogP contribution is -2.22. The highest BCUT2D eigenvalue weighted by molar-refractivity contribution is 6.30. The van der Waals surface area contributed by atoms with E-state index < -0.39 is 0 Å². The van der Waals surface area contributed by atoms with Crippen molar-refractivity contribution in [1.82, 2.24) is 15.5 Å². The minimum atomic E-state index is -0.348. The van der Waals surface area contributed by atoms with Crippen LogP contribution in [0.4, 0.5) is 4.48 Å². The highest BCUT2D eigenvalue weighted by Gasteiger charge is 2.11. The maximum absolute atomic E-state index is 12.5. The predicted molar refractivity (Wildman–Crippen MR) is 88.0 cm³/mol. The molecule has 0 bridgehead atoms. The number of amidine groups is 1. The van der Waals surface area contributed by atoms with Crippen LogP contribution in [0, 0.1) is 0 Å². The molecule has 7 nitrogen and oxygen atoms in total. The third kappa shape index (κ3) is 3.50. The Labute approximate surface area is 141 Å². The second kappa shape index (κ2) is 6.65. The van der Waals surface area contributed by atoms with Crippen LogP contribution < -0.4 is 11.6 Å². The van der Waals surface area contributed by atoms with Gasteiger partial charge in [0.2, 0.25) is 11.8 Å². The van der Waals surface area contributed by atoms with Crippen molar-refractivity contribution in [3.8, 4) is 22.9 Å². The first-order valence-electron chi connectivity index (χ1n) is 6.78. The van der Waals surface area contributed by atoms with Gasteiger partial charge in [-0.25, -0.2) is 5.84 Å². The second-order valence-electron chi connectivity index (χ2n) is 4.77. The summed E-state index contributed by atoms with van der Waals surface area (Å²) in [5, 5.41) is 11.6. The summed E-state index contributed by atoms with van der Waals surface area (Å²) < 4.78 is 18.1. The van der Waals surface area contributed by atoms with Crippen molar-refractivity contribution < 1.29 is 8.90 Å². The molecule has 0 saturated carbocycles. The van der Waals surface area contributed by atoms with Crippen LogP contribution >= 0.6 is 11.6 Å². The van der Waals surface area contributed by atoms with Gasteiger partial charge in [-0.1, -0.05) is 33.6 Å². The zero-order valence-electron chi connectivity index (χ0n) is 12.2. The first-order valence-corrected chi connectivity index (χ1v) is 7.15. The number of benzene rings is 2. The van der Waals surface area contributed by atoms with Gasteiger partial charge in [0.05, 0.1) is 0 Å². The third-order valence-corrected chi connectivity index (χ3v) is 3.40. The normalized spacial score (nSPS) is 11.5. The zero-order valence-corrected chi connectivity index (χ0v) is 13.0. The minimum absolute atomic E-state index is 0.0565. The molecule has 4 N–H and O–H groups in total. The largest absolute Gasteiger partial charge is 0.416 e. The van der Waals surface area contributed by atoms with Crippen molar-refractivity contribution in [3.05, 3.63) is 59.1 Å². The van der Waals surface area contributed by atoms with E-state index in [1.807, 2.05) is 0 Å². The lowest BCUT2D eigenvalue weighted by atomic mass is 10.1. The molecule has 0 atom stereocenters. The Bertz CT molecular complexity index is 860. The van der Waals surface area contributed by atoms with Crippen molar-refractivity contribution >= 4 is 17.4 Å². The topological polar surface area (TPSA) is 107 Å². The van der Waals surface area contributed by atoms with E-state index in [0.29, 0.717) is 27.9 Å². The van der Waals surface area contributed by atoms with Crippen LogP contribution in [0.3, 0.4) is 0 Å². The molecule has 0 aliphatic heterocycles. The molecule has 0 unspecified atom stereocenters. The Morgan fingerprint density at radius 2 is 1.50 bits per heavy atom. The quantitative estimate of drug-likeness (QED) is 0.247. The van der Waals surface area contributed by atoms with Gasteiger partial charge in [-0.05, 0) is 36.4 Å². The first-order chi connectivity index (χ1) is 11.5. The number of aromatic nitrogens is 2. The molecule has 122 valence electrons. The van der Waals surface area contributed by atoms with E-state index in [2.05, 4.69) is 15.3 Å². The summed E-state index contributed by atoms with van der Waals surface area (Å²) in [5.41, 5.74) is 7.55. The molecule has 0 saturated heterocycles. The van der Waals surface area contributed by atoms with Gasteiger partial charge in [0, 0.05) is 21.7 Å². The summed E-state index contributed by atoms with van der Waals surface area (Å²) in [5.74, 6) is 5.44. The van der Waals surface area contributed by atoms with Crippen LogP contribution in [-0.4, -0.2) is 21.4 Å². The van der Waals surface area contributed by atoms with Crippen LogP contribution in [0.1, 0.15) is 5.56 Å². The van der Waals surface area contributed by atoms with Gasteiger partial charge in [-0.2, -0.15) is 0 Å². The van der Waals surface area contributed by atoms with Gasteiger partial charge in [-0.15, -0.1) is 15.3 Å². The fourth-order valence-corrected chi connectivity index (χ4v) is 2.12. The Hall–Kier alpha value is -2.97. The molecule has 0 fully saturated rings. The number of hydrazone groups is 1. The second-order valence-corrected chi connectivity index (χ2v) is 5.21. The average Bonchev–Trinajstić information content (AvgIpc) is 3.05. The van der Waals surface area contributed by atoms with Crippen molar-refractivity contribution in [2.45, 2.75) is 0 Å². The van der Waals surface area contributed by atoms with Gasteiger partial charge in [0.1, 0.15) is 0 Å². The van der Waals surface area contributed by atoms with Crippen LogP contribution in [-0.2, 0) is 0 Å². The summed E-state index contributed by atoms with van der Waals surface area (Å²) in [4.78, 5) is 0. The van der Waals surface area contributed by atoms with E-state index >= 15 is 0 Å². The Morgan fingerprint density at radius 1 is 1.00 bits per heavy atom. The molecule has 0 radical (unpaired) electrons. The standard InChI is InChI=1S/C15H12ClFN6O/c16-12-7-5-11(6-8-12)15-21-20-14(24-15)10-3-1-9(2-4-10)13(18)22-23(17)19/h1-8H,19H2,(H2,18,22). The van der Waals surface area contributed by atoms with Crippen LogP contribution in [0.25, 0.3) is 22.9 Å². The van der Waals surface area contributed by atoms with Gasteiger partial charge in [0.25, 0.3) is 0 Å². The number of rotatable bonds is 4. The number of hydrogen-bond donors (Lipinski definition) is 2. The molecule has 1 aromatic heterocycles. The molecule has 0 amide bonds. The van der Waals surface area contributed by atoms with Crippen LogP contribution in [0.15, 0.2) is 58.0 Å². The third-order valence-electron chi connectivity index (χ3n) is 3.15. The predicted octanol–water partition coefficient (Wildman–Crippen LogP) is 2.74. The highest BCUT2D eigenvalue weighted by atomic mass is 35.5. The minimum Gasteiger partial charge on any atom is -0.416 e. The molecule has 2 aromatic carbocycles. The summed E-state index contributed by atoms with van der Waals surface area (Å²) in [6.07, 6.45) is 0.